The van der Waals surface area contributed by atoms with Crippen molar-refractivity contribution in [2.45, 2.75) is 47.0 Å². The number of H-pyrrole nitrogens is 1. The maximum absolute atomic E-state index is 12.1. The fourth-order valence-electron chi connectivity index (χ4n) is 2.46. The average Bonchev–Trinajstić information content (AvgIpc) is 2.72. The Kier molecular flexibility index (Phi) is 6.39. The molecule has 1 rings (SSSR count). The lowest BCUT2D eigenvalue weighted by molar-refractivity contribution is -0.137. The van der Waals surface area contributed by atoms with Crippen LogP contribution in [-0.2, 0) is 4.79 Å². The maximum Gasteiger partial charge on any atom is 0.303 e. The van der Waals surface area contributed by atoms with Gasteiger partial charge in [-0.3, -0.25) is 14.7 Å². The van der Waals surface area contributed by atoms with Gasteiger partial charge in [0.15, 0.2) is 0 Å². The molecule has 0 aromatic carbocycles. The number of rotatable bonds is 8. The van der Waals surface area contributed by atoms with Gasteiger partial charge in [0, 0.05) is 18.7 Å². The Labute approximate surface area is 125 Å². The number of aryl methyl sites for hydroxylation is 2. The van der Waals surface area contributed by atoms with Crippen LogP contribution in [0.2, 0.25) is 0 Å². The standard InChI is InChI=1S/C15H25N3O3/c1-9(2)12(5-6-13(19)20)7-8-16-15(21)14-10(3)17-18-11(14)4/h9,12H,5-8H2,1-4H3,(H,16,21)(H,17,18)(H,19,20). The van der Waals surface area contributed by atoms with Gasteiger partial charge < -0.3 is 10.4 Å². The van der Waals surface area contributed by atoms with Gasteiger partial charge in [-0.1, -0.05) is 13.8 Å². The number of aromatic nitrogens is 2. The van der Waals surface area contributed by atoms with Crippen molar-refractivity contribution in [1.82, 2.24) is 15.5 Å². The van der Waals surface area contributed by atoms with E-state index in [2.05, 4.69) is 29.4 Å². The van der Waals surface area contributed by atoms with Crippen LogP contribution in [0.1, 0.15) is 54.9 Å². The largest absolute Gasteiger partial charge is 0.481 e. The Morgan fingerprint density at radius 2 is 1.95 bits per heavy atom. The lowest BCUT2D eigenvalue weighted by Gasteiger charge is -2.20. The van der Waals surface area contributed by atoms with Gasteiger partial charge >= 0.3 is 5.97 Å². The molecule has 1 heterocycles. The van der Waals surface area contributed by atoms with E-state index < -0.39 is 5.97 Å². The molecular weight excluding hydrogens is 270 g/mol. The number of amides is 1. The highest BCUT2D eigenvalue weighted by molar-refractivity contribution is 5.96. The van der Waals surface area contributed by atoms with Crippen molar-refractivity contribution in [3.63, 3.8) is 0 Å². The third kappa shape index (κ3) is 5.21. The number of hydrogen-bond acceptors (Lipinski definition) is 3. The molecule has 0 aliphatic rings. The Balaban J connectivity index is 2.47. The van der Waals surface area contributed by atoms with E-state index in [0.29, 0.717) is 36.1 Å². The summed E-state index contributed by atoms with van der Waals surface area (Å²) in [5, 5.41) is 18.5. The van der Waals surface area contributed by atoms with Gasteiger partial charge in [0.25, 0.3) is 5.91 Å². The number of hydrogen-bond donors (Lipinski definition) is 3. The van der Waals surface area contributed by atoms with Crippen LogP contribution in [0.5, 0.6) is 0 Å². The van der Waals surface area contributed by atoms with Gasteiger partial charge in [0.1, 0.15) is 0 Å². The SMILES string of the molecule is Cc1n[nH]c(C)c1C(=O)NCCC(CCC(=O)O)C(C)C. The van der Waals surface area contributed by atoms with Crippen LogP contribution in [0.25, 0.3) is 0 Å². The molecule has 1 atom stereocenters. The summed E-state index contributed by atoms with van der Waals surface area (Å²) >= 11 is 0. The fraction of sp³-hybridized carbons (Fsp3) is 0.667. The summed E-state index contributed by atoms with van der Waals surface area (Å²) in [6.07, 6.45) is 1.61. The minimum absolute atomic E-state index is 0.125. The predicted octanol–water partition coefficient (Wildman–Crippen LogP) is 2.28. The molecular formula is C15H25N3O3. The molecule has 21 heavy (non-hydrogen) atoms. The highest BCUT2D eigenvalue weighted by Crippen LogP contribution is 2.20. The molecule has 0 radical (unpaired) electrons. The second kappa shape index (κ2) is 7.81. The molecule has 0 spiro atoms. The molecule has 0 saturated carbocycles. The number of aliphatic carboxylic acids is 1. The minimum atomic E-state index is -0.769. The Morgan fingerprint density at radius 1 is 1.29 bits per heavy atom. The van der Waals surface area contributed by atoms with E-state index in [1.54, 1.807) is 6.92 Å². The molecule has 1 amide bonds. The van der Waals surface area contributed by atoms with Crippen molar-refractivity contribution in [3.8, 4) is 0 Å². The molecule has 0 aliphatic carbocycles. The lowest BCUT2D eigenvalue weighted by atomic mass is 9.88. The van der Waals surface area contributed by atoms with E-state index in [1.165, 1.54) is 0 Å². The van der Waals surface area contributed by atoms with E-state index in [0.717, 1.165) is 12.1 Å². The van der Waals surface area contributed by atoms with Crippen molar-refractivity contribution in [1.29, 1.82) is 0 Å². The number of carbonyl (C=O) groups is 2. The number of carboxylic acids is 1. The van der Waals surface area contributed by atoms with Gasteiger partial charge in [-0.25, -0.2) is 0 Å². The molecule has 0 fully saturated rings. The second-order valence-corrected chi connectivity index (χ2v) is 5.79. The summed E-state index contributed by atoms with van der Waals surface area (Å²) in [5.41, 5.74) is 2.05. The molecule has 1 aromatic rings. The van der Waals surface area contributed by atoms with Gasteiger partial charge in [-0.15, -0.1) is 0 Å². The monoisotopic (exact) mass is 295 g/mol. The normalized spacial score (nSPS) is 12.4. The van der Waals surface area contributed by atoms with Crippen LogP contribution in [0, 0.1) is 25.7 Å². The van der Waals surface area contributed by atoms with Crippen LogP contribution in [-0.4, -0.2) is 33.7 Å². The number of nitrogens with zero attached hydrogens (tertiary/aromatic N) is 1. The molecule has 0 bridgehead atoms. The van der Waals surface area contributed by atoms with Gasteiger partial charge in [0.2, 0.25) is 0 Å². The Bertz CT molecular complexity index is 475. The number of nitrogens with one attached hydrogen (secondary N) is 2. The molecule has 118 valence electrons. The Morgan fingerprint density at radius 3 is 2.43 bits per heavy atom. The number of carbonyl (C=O) groups excluding carboxylic acids is 1. The van der Waals surface area contributed by atoms with Crippen LogP contribution in [0.3, 0.4) is 0 Å². The predicted molar refractivity (Wildman–Crippen MR) is 80.2 cm³/mol. The van der Waals surface area contributed by atoms with E-state index >= 15 is 0 Å². The highest BCUT2D eigenvalue weighted by atomic mass is 16.4. The third-order valence-electron chi connectivity index (χ3n) is 3.83. The van der Waals surface area contributed by atoms with Gasteiger partial charge in [-0.05, 0) is 38.5 Å². The van der Waals surface area contributed by atoms with Crippen LogP contribution in [0.15, 0.2) is 0 Å². The van der Waals surface area contributed by atoms with E-state index in [4.69, 9.17) is 5.11 Å². The zero-order valence-electron chi connectivity index (χ0n) is 13.2. The molecule has 1 aromatic heterocycles. The van der Waals surface area contributed by atoms with E-state index in [9.17, 15) is 9.59 Å². The smallest absolute Gasteiger partial charge is 0.303 e. The van der Waals surface area contributed by atoms with Crippen LogP contribution >= 0.6 is 0 Å². The minimum Gasteiger partial charge on any atom is -0.481 e. The van der Waals surface area contributed by atoms with Gasteiger partial charge in [-0.2, -0.15) is 5.10 Å². The first-order chi connectivity index (χ1) is 9.82. The summed E-state index contributed by atoms with van der Waals surface area (Å²) in [6, 6.07) is 0. The van der Waals surface area contributed by atoms with E-state index in [-0.39, 0.29) is 12.3 Å². The lowest BCUT2D eigenvalue weighted by Crippen LogP contribution is -2.28. The number of aromatic amines is 1. The van der Waals surface area contributed by atoms with E-state index in [1.807, 2.05) is 6.92 Å². The summed E-state index contributed by atoms with van der Waals surface area (Å²) in [4.78, 5) is 22.8. The summed E-state index contributed by atoms with van der Waals surface area (Å²) in [6.45, 7) is 8.32. The van der Waals surface area contributed by atoms with Crippen molar-refractivity contribution in [2.24, 2.45) is 11.8 Å². The zero-order chi connectivity index (χ0) is 16.0. The average molecular weight is 295 g/mol. The highest BCUT2D eigenvalue weighted by Gasteiger charge is 2.17. The molecule has 6 nitrogen and oxygen atoms in total. The third-order valence-corrected chi connectivity index (χ3v) is 3.83. The first-order valence-electron chi connectivity index (χ1n) is 7.34. The molecule has 3 N–H and O–H groups in total. The van der Waals surface area contributed by atoms with Crippen LogP contribution < -0.4 is 5.32 Å². The van der Waals surface area contributed by atoms with Crippen molar-refractivity contribution >= 4 is 11.9 Å². The summed E-state index contributed by atoms with van der Waals surface area (Å²) in [5.74, 6) is -0.194. The first kappa shape index (κ1) is 17.2. The Hall–Kier alpha value is -1.85. The number of carboxylic acid groups (broad SMARTS) is 1. The fourth-order valence-corrected chi connectivity index (χ4v) is 2.46. The molecule has 6 heteroatoms. The van der Waals surface area contributed by atoms with Crippen molar-refractivity contribution in [2.75, 3.05) is 6.54 Å². The second-order valence-electron chi connectivity index (χ2n) is 5.79. The molecule has 0 aliphatic heterocycles. The first-order valence-corrected chi connectivity index (χ1v) is 7.34. The van der Waals surface area contributed by atoms with Crippen molar-refractivity contribution in [3.05, 3.63) is 17.0 Å². The van der Waals surface area contributed by atoms with Gasteiger partial charge in [0.05, 0.1) is 11.3 Å². The topological polar surface area (TPSA) is 95.1 Å². The summed E-state index contributed by atoms with van der Waals surface area (Å²) in [7, 11) is 0. The molecule has 0 saturated heterocycles. The maximum atomic E-state index is 12.1. The van der Waals surface area contributed by atoms with Crippen molar-refractivity contribution < 1.29 is 14.7 Å². The van der Waals surface area contributed by atoms with Crippen LogP contribution in [0.4, 0.5) is 0 Å². The summed E-state index contributed by atoms with van der Waals surface area (Å²) < 4.78 is 0. The zero-order valence-corrected chi connectivity index (χ0v) is 13.2. The molecule has 1 unspecified atom stereocenters. The quantitative estimate of drug-likeness (QED) is 0.685.